The highest BCUT2D eigenvalue weighted by atomic mass is 35.5. The molecule has 0 saturated carbocycles. The second-order valence-corrected chi connectivity index (χ2v) is 6.29. The number of hydrogen-bond acceptors (Lipinski definition) is 3. The van der Waals surface area contributed by atoms with Crippen molar-refractivity contribution in [3.05, 3.63) is 77.3 Å². The Morgan fingerprint density at radius 1 is 0.964 bits per heavy atom. The molecule has 0 unspecified atom stereocenters. The normalized spacial score (nSPS) is 11.8. The highest BCUT2D eigenvalue weighted by molar-refractivity contribution is 6.30. The van der Waals surface area contributed by atoms with E-state index in [0.717, 1.165) is 10.9 Å². The summed E-state index contributed by atoms with van der Waals surface area (Å²) in [6.45, 7) is 0. The summed E-state index contributed by atoms with van der Waals surface area (Å²) in [4.78, 5) is 0. The molecule has 4 rings (SSSR count). The van der Waals surface area contributed by atoms with Crippen molar-refractivity contribution in [1.82, 2.24) is 14.9 Å². The van der Waals surface area contributed by atoms with Gasteiger partial charge in [0.1, 0.15) is 11.5 Å². The van der Waals surface area contributed by atoms with Crippen LogP contribution in [0.2, 0.25) is 5.02 Å². The van der Waals surface area contributed by atoms with E-state index in [1.807, 2.05) is 0 Å². The summed E-state index contributed by atoms with van der Waals surface area (Å²) in [6.07, 6.45) is -3.71. The van der Waals surface area contributed by atoms with Gasteiger partial charge in [-0.25, -0.2) is 9.07 Å². The fourth-order valence-corrected chi connectivity index (χ4v) is 2.99. The molecule has 2 heterocycles. The lowest BCUT2D eigenvalue weighted by Crippen LogP contribution is -2.14. The van der Waals surface area contributed by atoms with Gasteiger partial charge in [-0.1, -0.05) is 35.0 Å². The van der Waals surface area contributed by atoms with Crippen LogP contribution < -0.4 is 0 Å². The fourth-order valence-electron chi connectivity index (χ4n) is 2.80. The highest BCUT2D eigenvalue weighted by Gasteiger charge is 2.40. The summed E-state index contributed by atoms with van der Waals surface area (Å²) in [5.41, 5.74) is -1.03. The molecule has 4 aromatic rings. The van der Waals surface area contributed by atoms with Crippen molar-refractivity contribution < 1.29 is 22.1 Å². The third-order valence-corrected chi connectivity index (χ3v) is 4.25. The van der Waals surface area contributed by atoms with Crippen molar-refractivity contribution in [2.24, 2.45) is 0 Å². The van der Waals surface area contributed by atoms with E-state index < -0.39 is 17.7 Å². The number of halogens is 5. The van der Waals surface area contributed by atoms with Crippen LogP contribution in [0.3, 0.4) is 0 Å². The van der Waals surface area contributed by atoms with Crippen molar-refractivity contribution in [3.8, 4) is 28.3 Å². The number of hydrogen-bond donors (Lipinski definition) is 0. The molecule has 142 valence electrons. The predicted octanol–water partition coefficient (Wildman–Crippen LogP) is 6.01. The fraction of sp³-hybridized carbons (Fsp3) is 0.0526. The minimum Gasteiger partial charge on any atom is -0.356 e. The van der Waals surface area contributed by atoms with Crippen molar-refractivity contribution in [3.63, 3.8) is 0 Å². The molecule has 0 aliphatic rings. The first-order valence-electron chi connectivity index (χ1n) is 7.98. The van der Waals surface area contributed by atoms with Gasteiger partial charge in [0.15, 0.2) is 11.5 Å². The maximum atomic E-state index is 13.9. The van der Waals surface area contributed by atoms with E-state index in [-0.39, 0.29) is 33.3 Å². The van der Waals surface area contributed by atoms with Gasteiger partial charge in [0.05, 0.1) is 17.4 Å². The van der Waals surface area contributed by atoms with Gasteiger partial charge in [0, 0.05) is 16.7 Å². The van der Waals surface area contributed by atoms with Crippen LogP contribution in [0, 0.1) is 5.82 Å². The average Bonchev–Trinajstić information content (AvgIpc) is 3.29. The topological polar surface area (TPSA) is 43.9 Å². The molecule has 0 aliphatic heterocycles. The highest BCUT2D eigenvalue weighted by Crippen LogP contribution is 2.39. The van der Waals surface area contributed by atoms with Gasteiger partial charge in [0.2, 0.25) is 0 Å². The van der Waals surface area contributed by atoms with Crippen LogP contribution in [0.25, 0.3) is 28.3 Å². The Hall–Kier alpha value is -3.13. The maximum Gasteiger partial charge on any atom is 0.434 e. The van der Waals surface area contributed by atoms with Crippen LogP contribution in [0.15, 0.2) is 65.3 Å². The molecule has 2 aromatic carbocycles. The zero-order valence-electron chi connectivity index (χ0n) is 13.9. The first-order chi connectivity index (χ1) is 13.3. The van der Waals surface area contributed by atoms with Crippen molar-refractivity contribution >= 4 is 11.6 Å². The lowest BCUT2D eigenvalue weighted by Gasteiger charge is -2.12. The Kier molecular flexibility index (Phi) is 4.43. The molecule has 0 aliphatic carbocycles. The number of aromatic nitrogens is 3. The quantitative estimate of drug-likeness (QED) is 0.391. The number of rotatable bonds is 3. The van der Waals surface area contributed by atoms with Gasteiger partial charge in [-0.15, -0.1) is 0 Å². The molecule has 0 spiro atoms. The van der Waals surface area contributed by atoms with Crippen LogP contribution in [-0.4, -0.2) is 14.9 Å². The molecule has 0 N–H and O–H groups in total. The molecule has 0 saturated heterocycles. The van der Waals surface area contributed by atoms with Gasteiger partial charge in [-0.05, 0) is 30.3 Å². The summed E-state index contributed by atoms with van der Waals surface area (Å²) < 4.78 is 61.1. The Labute approximate surface area is 161 Å². The first kappa shape index (κ1) is 18.2. The van der Waals surface area contributed by atoms with E-state index in [9.17, 15) is 17.6 Å². The first-order valence-corrected chi connectivity index (χ1v) is 8.35. The second-order valence-electron chi connectivity index (χ2n) is 5.85. The zero-order valence-corrected chi connectivity index (χ0v) is 14.7. The molecule has 0 atom stereocenters. The number of alkyl halides is 3. The molecule has 0 fully saturated rings. The van der Waals surface area contributed by atoms with Gasteiger partial charge >= 0.3 is 6.18 Å². The molecule has 9 heteroatoms. The van der Waals surface area contributed by atoms with E-state index in [2.05, 4.69) is 10.3 Å². The van der Waals surface area contributed by atoms with Gasteiger partial charge in [0.25, 0.3) is 0 Å². The lowest BCUT2D eigenvalue weighted by atomic mass is 10.1. The standard InChI is InChI=1S/C19H10ClF4N3O/c20-11-4-3-5-12(8-11)27-18(19(22,23)24)14(10-25-27)17-9-16(26-28-17)13-6-1-2-7-15(13)21/h1-10H. The monoisotopic (exact) mass is 407 g/mol. The average molecular weight is 408 g/mol. The van der Waals surface area contributed by atoms with E-state index >= 15 is 0 Å². The maximum absolute atomic E-state index is 13.9. The minimum atomic E-state index is -4.74. The molecular formula is C19H10ClF4N3O. The van der Waals surface area contributed by atoms with Crippen LogP contribution in [-0.2, 0) is 6.18 Å². The number of benzene rings is 2. The Balaban J connectivity index is 1.85. The number of nitrogens with zero attached hydrogens (tertiary/aromatic N) is 3. The molecular weight excluding hydrogens is 398 g/mol. The van der Waals surface area contributed by atoms with Crippen molar-refractivity contribution in [2.75, 3.05) is 0 Å². The van der Waals surface area contributed by atoms with Crippen LogP contribution in [0.1, 0.15) is 5.69 Å². The Bertz CT molecular complexity index is 1150. The molecule has 0 bridgehead atoms. The summed E-state index contributed by atoms with van der Waals surface area (Å²) >= 11 is 5.88. The van der Waals surface area contributed by atoms with E-state index in [4.69, 9.17) is 16.1 Å². The third-order valence-electron chi connectivity index (χ3n) is 4.02. The van der Waals surface area contributed by atoms with Crippen LogP contribution >= 0.6 is 11.6 Å². The smallest absolute Gasteiger partial charge is 0.356 e. The van der Waals surface area contributed by atoms with E-state index in [0.29, 0.717) is 0 Å². The molecule has 2 aromatic heterocycles. The van der Waals surface area contributed by atoms with E-state index in [1.54, 1.807) is 12.1 Å². The largest absolute Gasteiger partial charge is 0.434 e. The van der Waals surface area contributed by atoms with Gasteiger partial charge < -0.3 is 4.52 Å². The summed E-state index contributed by atoms with van der Waals surface area (Å²) in [5, 5.41) is 7.82. The minimum absolute atomic E-state index is 0.0803. The van der Waals surface area contributed by atoms with Crippen molar-refractivity contribution in [2.45, 2.75) is 6.18 Å². The zero-order chi connectivity index (χ0) is 19.9. The Morgan fingerprint density at radius 2 is 1.75 bits per heavy atom. The van der Waals surface area contributed by atoms with Crippen LogP contribution in [0.5, 0.6) is 0 Å². The molecule has 0 amide bonds. The summed E-state index contributed by atoms with van der Waals surface area (Å²) in [7, 11) is 0. The molecule has 0 radical (unpaired) electrons. The second kappa shape index (κ2) is 6.79. The van der Waals surface area contributed by atoms with Crippen LogP contribution in [0.4, 0.5) is 17.6 Å². The molecule has 28 heavy (non-hydrogen) atoms. The summed E-state index contributed by atoms with van der Waals surface area (Å²) in [6, 6.07) is 12.9. The Morgan fingerprint density at radius 3 is 2.46 bits per heavy atom. The lowest BCUT2D eigenvalue weighted by molar-refractivity contribution is -0.142. The predicted molar refractivity (Wildman–Crippen MR) is 94.5 cm³/mol. The summed E-state index contributed by atoms with van der Waals surface area (Å²) in [5.74, 6) is -0.744. The van der Waals surface area contributed by atoms with E-state index in [1.165, 1.54) is 42.5 Å². The SMILES string of the molecule is Fc1ccccc1-c1cc(-c2cnn(-c3cccc(Cl)c3)c2C(F)(F)F)on1. The van der Waals surface area contributed by atoms with Gasteiger partial charge in [-0.3, -0.25) is 0 Å². The third kappa shape index (κ3) is 3.27. The van der Waals surface area contributed by atoms with Gasteiger partial charge in [-0.2, -0.15) is 18.3 Å². The van der Waals surface area contributed by atoms with Crippen molar-refractivity contribution in [1.29, 1.82) is 0 Å². The molecule has 4 nitrogen and oxygen atoms in total.